The number of aliphatic hydroxyl groups is 1. The first-order valence-electron chi connectivity index (χ1n) is 4.38. The Labute approximate surface area is 83.1 Å². The molecule has 14 heavy (non-hydrogen) atoms. The van der Waals surface area contributed by atoms with Crippen LogP contribution in [0.1, 0.15) is 11.6 Å². The summed E-state index contributed by atoms with van der Waals surface area (Å²) >= 11 is 0. The first-order chi connectivity index (χ1) is 6.72. The predicted octanol–water partition coefficient (Wildman–Crippen LogP) is 0.654. The number of hydrogen-bond donors (Lipinski definition) is 3. The Kier molecular flexibility index (Phi) is 3.73. The van der Waals surface area contributed by atoms with Crippen molar-refractivity contribution in [2.24, 2.45) is 0 Å². The van der Waals surface area contributed by atoms with Crippen molar-refractivity contribution in [1.29, 1.82) is 0 Å². The average Bonchev–Trinajstić information content (AvgIpc) is 2.22. The standard InChI is InChI=1S/C10H15NO3/c1-11-9(6-12)8-5-7(14-2)3-4-10(8)13/h3-5,9,11-13H,6H2,1-2H3/t9-/m1/s1. The zero-order chi connectivity index (χ0) is 10.6. The lowest BCUT2D eigenvalue weighted by Gasteiger charge is -2.15. The second-order valence-electron chi connectivity index (χ2n) is 2.95. The molecule has 0 aliphatic carbocycles. The fourth-order valence-electron chi connectivity index (χ4n) is 1.28. The van der Waals surface area contributed by atoms with Gasteiger partial charge in [-0.2, -0.15) is 0 Å². The van der Waals surface area contributed by atoms with E-state index in [0.717, 1.165) is 0 Å². The van der Waals surface area contributed by atoms with Crippen LogP contribution in [0.2, 0.25) is 0 Å². The maximum atomic E-state index is 9.56. The number of nitrogens with one attached hydrogen (secondary N) is 1. The Morgan fingerprint density at radius 3 is 2.71 bits per heavy atom. The summed E-state index contributed by atoms with van der Waals surface area (Å²) in [6.07, 6.45) is 0. The number of methoxy groups -OCH3 is 1. The Bertz CT molecular complexity index is 297. The first kappa shape index (κ1) is 10.8. The molecule has 0 radical (unpaired) electrons. The van der Waals surface area contributed by atoms with Gasteiger partial charge in [0.05, 0.1) is 19.8 Å². The molecule has 0 bridgehead atoms. The number of rotatable bonds is 4. The van der Waals surface area contributed by atoms with Crippen molar-refractivity contribution in [3.8, 4) is 11.5 Å². The van der Waals surface area contributed by atoms with Crippen molar-refractivity contribution in [1.82, 2.24) is 5.32 Å². The third-order valence-electron chi connectivity index (χ3n) is 2.14. The number of hydrogen-bond acceptors (Lipinski definition) is 4. The average molecular weight is 197 g/mol. The molecule has 1 atom stereocenters. The maximum Gasteiger partial charge on any atom is 0.120 e. The highest BCUT2D eigenvalue weighted by Crippen LogP contribution is 2.27. The molecule has 1 aromatic carbocycles. The van der Waals surface area contributed by atoms with Gasteiger partial charge in [-0.1, -0.05) is 0 Å². The van der Waals surface area contributed by atoms with Gasteiger partial charge in [0.25, 0.3) is 0 Å². The molecule has 4 heteroatoms. The minimum Gasteiger partial charge on any atom is -0.508 e. The number of ether oxygens (including phenoxy) is 1. The lowest BCUT2D eigenvalue weighted by atomic mass is 10.1. The molecule has 0 heterocycles. The van der Waals surface area contributed by atoms with Crippen molar-refractivity contribution in [2.75, 3.05) is 20.8 Å². The molecule has 4 nitrogen and oxygen atoms in total. The molecular formula is C10H15NO3. The van der Waals surface area contributed by atoms with Crippen LogP contribution in [0, 0.1) is 0 Å². The largest absolute Gasteiger partial charge is 0.508 e. The molecule has 1 rings (SSSR count). The van der Waals surface area contributed by atoms with Gasteiger partial charge in [-0.25, -0.2) is 0 Å². The molecular weight excluding hydrogens is 182 g/mol. The van der Waals surface area contributed by atoms with Crippen LogP contribution in [0.4, 0.5) is 0 Å². The van der Waals surface area contributed by atoms with E-state index < -0.39 is 0 Å². The van der Waals surface area contributed by atoms with E-state index in [4.69, 9.17) is 9.84 Å². The fraction of sp³-hybridized carbons (Fsp3) is 0.400. The zero-order valence-corrected chi connectivity index (χ0v) is 8.32. The molecule has 3 N–H and O–H groups in total. The van der Waals surface area contributed by atoms with Gasteiger partial charge in [0.15, 0.2) is 0 Å². The first-order valence-corrected chi connectivity index (χ1v) is 4.38. The quantitative estimate of drug-likeness (QED) is 0.663. The van der Waals surface area contributed by atoms with Gasteiger partial charge in [0.2, 0.25) is 0 Å². The number of phenols is 1. The zero-order valence-electron chi connectivity index (χ0n) is 8.32. The summed E-state index contributed by atoms with van der Waals surface area (Å²) in [6, 6.07) is 4.65. The second kappa shape index (κ2) is 4.83. The van der Waals surface area contributed by atoms with Crippen molar-refractivity contribution in [3.05, 3.63) is 23.8 Å². The van der Waals surface area contributed by atoms with E-state index in [1.54, 1.807) is 32.4 Å². The third-order valence-corrected chi connectivity index (χ3v) is 2.14. The highest BCUT2D eigenvalue weighted by molar-refractivity contribution is 5.41. The van der Waals surface area contributed by atoms with Crippen molar-refractivity contribution < 1.29 is 14.9 Å². The van der Waals surface area contributed by atoms with Gasteiger partial charge in [-0.05, 0) is 25.2 Å². The van der Waals surface area contributed by atoms with Gasteiger partial charge in [0.1, 0.15) is 11.5 Å². The summed E-state index contributed by atoms with van der Waals surface area (Å²) in [5.41, 5.74) is 0.634. The topological polar surface area (TPSA) is 61.7 Å². The Morgan fingerprint density at radius 2 is 2.21 bits per heavy atom. The molecule has 0 saturated heterocycles. The third kappa shape index (κ3) is 2.16. The van der Waals surface area contributed by atoms with Crippen LogP contribution in [0.3, 0.4) is 0 Å². The second-order valence-corrected chi connectivity index (χ2v) is 2.95. The summed E-state index contributed by atoms with van der Waals surface area (Å²) in [5, 5.41) is 21.5. The summed E-state index contributed by atoms with van der Waals surface area (Å²) in [7, 11) is 3.28. The van der Waals surface area contributed by atoms with Crippen LogP contribution in [0.25, 0.3) is 0 Å². The van der Waals surface area contributed by atoms with Gasteiger partial charge in [0, 0.05) is 5.56 Å². The normalized spacial score (nSPS) is 12.5. The van der Waals surface area contributed by atoms with E-state index in [1.165, 1.54) is 0 Å². The number of benzene rings is 1. The van der Waals surface area contributed by atoms with Crippen molar-refractivity contribution >= 4 is 0 Å². The smallest absolute Gasteiger partial charge is 0.120 e. The van der Waals surface area contributed by atoms with Crippen molar-refractivity contribution in [3.63, 3.8) is 0 Å². The van der Waals surface area contributed by atoms with E-state index in [-0.39, 0.29) is 18.4 Å². The Morgan fingerprint density at radius 1 is 1.50 bits per heavy atom. The monoisotopic (exact) mass is 197 g/mol. The Balaban J connectivity index is 3.04. The number of likely N-dealkylation sites (N-methyl/N-ethyl adjacent to an activating group) is 1. The summed E-state index contributed by atoms with van der Waals surface area (Å²) < 4.78 is 5.03. The van der Waals surface area contributed by atoms with Gasteiger partial charge >= 0.3 is 0 Å². The van der Waals surface area contributed by atoms with Gasteiger partial charge in [-0.15, -0.1) is 0 Å². The van der Waals surface area contributed by atoms with Crippen LogP contribution in [0.5, 0.6) is 11.5 Å². The van der Waals surface area contributed by atoms with Crippen LogP contribution in [-0.2, 0) is 0 Å². The highest BCUT2D eigenvalue weighted by atomic mass is 16.5. The number of aromatic hydroxyl groups is 1. The highest BCUT2D eigenvalue weighted by Gasteiger charge is 2.13. The molecule has 1 aromatic rings. The Hall–Kier alpha value is -1.26. The summed E-state index contributed by atoms with van der Waals surface area (Å²) in [5.74, 6) is 0.811. The molecule has 0 spiro atoms. The van der Waals surface area contributed by atoms with Gasteiger partial charge < -0.3 is 20.3 Å². The lowest BCUT2D eigenvalue weighted by molar-refractivity contribution is 0.247. The molecule has 0 aromatic heterocycles. The number of aliphatic hydroxyl groups excluding tert-OH is 1. The van der Waals surface area contributed by atoms with E-state index >= 15 is 0 Å². The maximum absolute atomic E-state index is 9.56. The van der Waals surface area contributed by atoms with Crippen molar-refractivity contribution in [2.45, 2.75) is 6.04 Å². The van der Waals surface area contributed by atoms with Crippen LogP contribution < -0.4 is 10.1 Å². The van der Waals surface area contributed by atoms with E-state index in [1.807, 2.05) is 0 Å². The molecule has 0 unspecified atom stereocenters. The van der Waals surface area contributed by atoms with Crippen LogP contribution >= 0.6 is 0 Å². The minimum atomic E-state index is -0.273. The van der Waals surface area contributed by atoms with E-state index in [2.05, 4.69) is 5.32 Å². The molecule has 0 aliphatic rings. The minimum absolute atomic E-state index is 0.0722. The summed E-state index contributed by atoms with van der Waals surface area (Å²) in [4.78, 5) is 0. The SMILES string of the molecule is CN[C@H](CO)c1cc(OC)ccc1O. The molecule has 0 saturated carbocycles. The number of phenolic OH excluding ortho intramolecular Hbond substituents is 1. The van der Waals surface area contributed by atoms with Crippen LogP contribution in [0.15, 0.2) is 18.2 Å². The van der Waals surface area contributed by atoms with E-state index in [9.17, 15) is 5.11 Å². The predicted molar refractivity (Wildman–Crippen MR) is 53.5 cm³/mol. The molecule has 78 valence electrons. The fourth-order valence-corrected chi connectivity index (χ4v) is 1.28. The lowest BCUT2D eigenvalue weighted by Crippen LogP contribution is -2.20. The van der Waals surface area contributed by atoms with Gasteiger partial charge in [-0.3, -0.25) is 0 Å². The summed E-state index contributed by atoms with van der Waals surface area (Å²) in [6.45, 7) is -0.0722. The molecule has 0 amide bonds. The van der Waals surface area contributed by atoms with E-state index in [0.29, 0.717) is 11.3 Å². The molecule has 0 aliphatic heterocycles. The molecule has 0 fully saturated rings. The van der Waals surface area contributed by atoms with Crippen LogP contribution in [-0.4, -0.2) is 31.0 Å².